The van der Waals surface area contributed by atoms with Gasteiger partial charge in [-0.2, -0.15) is 0 Å². The molecule has 0 aliphatic carbocycles. The van der Waals surface area contributed by atoms with Gasteiger partial charge < -0.3 is 15.0 Å². The van der Waals surface area contributed by atoms with Gasteiger partial charge in [0.2, 0.25) is 5.91 Å². The number of thioether (sulfide) groups is 1. The Balaban J connectivity index is 1.45. The number of hydrogen-bond donors (Lipinski definition) is 1. The summed E-state index contributed by atoms with van der Waals surface area (Å²) in [7, 11) is 1.66. The lowest BCUT2D eigenvalue weighted by molar-refractivity contribution is -0.113. The number of nitrogens with one attached hydrogen (secondary N) is 1. The molecule has 1 fully saturated rings. The third-order valence-corrected chi connectivity index (χ3v) is 6.10. The Labute approximate surface area is 186 Å². The number of carbonyl (C=O) groups is 1. The van der Waals surface area contributed by atoms with Gasteiger partial charge in [0.15, 0.2) is 11.0 Å². The van der Waals surface area contributed by atoms with Gasteiger partial charge in [-0.05, 0) is 37.1 Å². The van der Waals surface area contributed by atoms with Gasteiger partial charge in [0.05, 0.1) is 30.3 Å². The topological polar surface area (TPSA) is 85.2 Å². The smallest absolute Gasteiger partial charge is 0.234 e. The van der Waals surface area contributed by atoms with E-state index in [0.29, 0.717) is 18.3 Å². The van der Waals surface area contributed by atoms with Crippen LogP contribution in [0.4, 0.5) is 11.4 Å². The van der Waals surface area contributed by atoms with E-state index in [0.717, 1.165) is 35.9 Å². The molecule has 162 valence electrons. The number of methoxy groups -OCH3 is 1. The molecule has 1 aliphatic rings. The van der Waals surface area contributed by atoms with Gasteiger partial charge in [-0.25, -0.2) is 0 Å². The predicted molar refractivity (Wildman–Crippen MR) is 122 cm³/mol. The number of para-hydroxylation sites is 2. The van der Waals surface area contributed by atoms with Gasteiger partial charge in [-0.15, -0.1) is 10.2 Å². The van der Waals surface area contributed by atoms with Crippen LogP contribution in [0.5, 0.6) is 0 Å². The van der Waals surface area contributed by atoms with E-state index >= 15 is 0 Å². The minimum atomic E-state index is -0.0663. The third-order valence-electron chi connectivity index (χ3n) is 5.13. The number of ether oxygens (including phenoxy) is 1. The number of amides is 1. The lowest BCUT2D eigenvalue weighted by atomic mass is 10.2. The van der Waals surface area contributed by atoms with Crippen molar-refractivity contribution in [1.82, 2.24) is 19.7 Å². The molecule has 8 nitrogen and oxygen atoms in total. The molecule has 1 aromatic carbocycles. The number of rotatable bonds is 9. The Morgan fingerprint density at radius 2 is 1.90 bits per heavy atom. The highest BCUT2D eigenvalue weighted by atomic mass is 32.2. The highest BCUT2D eigenvalue weighted by Crippen LogP contribution is 2.29. The lowest BCUT2D eigenvalue weighted by Gasteiger charge is -2.21. The number of anilines is 2. The summed E-state index contributed by atoms with van der Waals surface area (Å²) < 4.78 is 7.23. The van der Waals surface area contributed by atoms with E-state index in [-0.39, 0.29) is 11.7 Å². The molecule has 1 saturated heterocycles. The summed E-state index contributed by atoms with van der Waals surface area (Å²) >= 11 is 1.37. The van der Waals surface area contributed by atoms with Crippen molar-refractivity contribution in [3.8, 4) is 11.4 Å². The molecule has 0 unspecified atom stereocenters. The van der Waals surface area contributed by atoms with Gasteiger partial charge in [0.25, 0.3) is 0 Å². The van der Waals surface area contributed by atoms with E-state index in [9.17, 15) is 4.79 Å². The van der Waals surface area contributed by atoms with Gasteiger partial charge >= 0.3 is 0 Å². The molecule has 4 rings (SSSR count). The molecule has 0 spiro atoms. The fourth-order valence-corrected chi connectivity index (χ4v) is 4.39. The number of nitrogens with zero attached hydrogens (tertiary/aromatic N) is 5. The van der Waals surface area contributed by atoms with Crippen LogP contribution in [-0.4, -0.2) is 58.2 Å². The minimum absolute atomic E-state index is 0.0663. The third kappa shape index (κ3) is 5.23. The first-order valence-electron chi connectivity index (χ1n) is 10.4. The van der Waals surface area contributed by atoms with Crippen molar-refractivity contribution in [3.63, 3.8) is 0 Å². The van der Waals surface area contributed by atoms with E-state index < -0.39 is 0 Å². The molecule has 1 N–H and O–H groups in total. The Hall–Kier alpha value is -2.91. The van der Waals surface area contributed by atoms with E-state index in [2.05, 4.69) is 31.5 Å². The minimum Gasteiger partial charge on any atom is -0.383 e. The van der Waals surface area contributed by atoms with Gasteiger partial charge in [0.1, 0.15) is 0 Å². The van der Waals surface area contributed by atoms with Crippen LogP contribution in [0, 0.1) is 0 Å². The maximum absolute atomic E-state index is 12.7. The Kier molecular flexibility index (Phi) is 7.16. The van der Waals surface area contributed by atoms with Crippen molar-refractivity contribution in [2.24, 2.45) is 0 Å². The zero-order chi connectivity index (χ0) is 21.5. The molecular weight excluding hydrogens is 412 g/mol. The van der Waals surface area contributed by atoms with Crippen LogP contribution in [0.15, 0.2) is 53.9 Å². The Bertz CT molecular complexity index is 1000. The summed E-state index contributed by atoms with van der Waals surface area (Å²) in [4.78, 5) is 19.1. The fourth-order valence-electron chi connectivity index (χ4n) is 3.62. The standard InChI is InChI=1S/C22H26N6O2S/c1-30-15-14-28-21(17-8-10-23-11-9-17)25-26-22(28)31-16-20(29)24-18-6-2-3-7-19(18)27-12-4-5-13-27/h2-3,6-11H,4-5,12-16H2,1H3,(H,24,29). The van der Waals surface area contributed by atoms with E-state index in [1.54, 1.807) is 19.5 Å². The van der Waals surface area contributed by atoms with Gasteiger partial charge in [0, 0.05) is 38.2 Å². The zero-order valence-electron chi connectivity index (χ0n) is 17.5. The van der Waals surface area contributed by atoms with E-state index in [1.165, 1.54) is 24.6 Å². The first-order valence-corrected chi connectivity index (χ1v) is 11.3. The first-order chi connectivity index (χ1) is 15.3. The monoisotopic (exact) mass is 438 g/mol. The van der Waals surface area contributed by atoms with E-state index in [4.69, 9.17) is 4.74 Å². The molecule has 31 heavy (non-hydrogen) atoms. The quantitative estimate of drug-likeness (QED) is 0.513. The average molecular weight is 439 g/mol. The summed E-state index contributed by atoms with van der Waals surface area (Å²) in [5, 5.41) is 12.4. The molecule has 0 saturated carbocycles. The zero-order valence-corrected chi connectivity index (χ0v) is 18.3. The lowest BCUT2D eigenvalue weighted by Crippen LogP contribution is -2.21. The largest absolute Gasteiger partial charge is 0.383 e. The van der Waals surface area contributed by atoms with Crippen LogP contribution in [0.3, 0.4) is 0 Å². The molecule has 9 heteroatoms. The van der Waals surface area contributed by atoms with Crippen molar-refractivity contribution in [2.45, 2.75) is 24.5 Å². The number of hydrogen-bond acceptors (Lipinski definition) is 7. The molecule has 0 atom stereocenters. The van der Waals surface area contributed by atoms with Gasteiger partial charge in [-0.3, -0.25) is 14.3 Å². The Morgan fingerprint density at radius 3 is 2.68 bits per heavy atom. The Morgan fingerprint density at radius 1 is 1.13 bits per heavy atom. The van der Waals surface area contributed by atoms with Crippen molar-refractivity contribution < 1.29 is 9.53 Å². The molecule has 1 aliphatic heterocycles. The number of carbonyl (C=O) groups excluding carboxylic acids is 1. The van der Waals surface area contributed by atoms with Crippen LogP contribution >= 0.6 is 11.8 Å². The number of aromatic nitrogens is 4. The second kappa shape index (κ2) is 10.4. The predicted octanol–water partition coefficient (Wildman–Crippen LogP) is 3.32. The van der Waals surface area contributed by atoms with Crippen LogP contribution in [0.1, 0.15) is 12.8 Å². The number of benzene rings is 1. The van der Waals surface area contributed by atoms with Crippen LogP contribution in [-0.2, 0) is 16.1 Å². The van der Waals surface area contributed by atoms with Crippen molar-refractivity contribution >= 4 is 29.0 Å². The highest BCUT2D eigenvalue weighted by molar-refractivity contribution is 7.99. The fraction of sp³-hybridized carbons (Fsp3) is 0.364. The second-order valence-corrected chi connectivity index (χ2v) is 8.18. The molecule has 0 bridgehead atoms. The maximum atomic E-state index is 12.7. The molecular formula is C22H26N6O2S. The van der Waals surface area contributed by atoms with E-state index in [1.807, 2.05) is 34.9 Å². The molecule has 0 radical (unpaired) electrons. The maximum Gasteiger partial charge on any atom is 0.234 e. The summed E-state index contributed by atoms with van der Waals surface area (Å²) in [5.74, 6) is 0.917. The van der Waals surface area contributed by atoms with Crippen LogP contribution in [0.2, 0.25) is 0 Å². The van der Waals surface area contributed by atoms with Crippen molar-refractivity contribution in [3.05, 3.63) is 48.8 Å². The summed E-state index contributed by atoms with van der Waals surface area (Å²) in [6.07, 6.45) is 5.83. The molecule has 3 aromatic rings. The van der Waals surface area contributed by atoms with Crippen LogP contribution in [0.25, 0.3) is 11.4 Å². The molecule has 3 heterocycles. The SMILES string of the molecule is COCCn1c(SCC(=O)Nc2ccccc2N2CCCC2)nnc1-c1ccncc1. The normalized spacial score (nSPS) is 13.5. The molecule has 2 aromatic heterocycles. The summed E-state index contributed by atoms with van der Waals surface area (Å²) in [6, 6.07) is 11.8. The van der Waals surface area contributed by atoms with Gasteiger partial charge in [-0.1, -0.05) is 23.9 Å². The number of pyridine rings is 1. The first kappa shape index (κ1) is 21.3. The summed E-state index contributed by atoms with van der Waals surface area (Å²) in [6.45, 7) is 3.19. The van der Waals surface area contributed by atoms with Crippen molar-refractivity contribution in [1.29, 1.82) is 0 Å². The summed E-state index contributed by atoms with van der Waals surface area (Å²) in [5.41, 5.74) is 2.87. The second-order valence-electron chi connectivity index (χ2n) is 7.23. The van der Waals surface area contributed by atoms with Crippen LogP contribution < -0.4 is 10.2 Å². The van der Waals surface area contributed by atoms with Crippen molar-refractivity contribution in [2.75, 3.05) is 42.8 Å². The molecule has 1 amide bonds. The highest BCUT2D eigenvalue weighted by Gasteiger charge is 2.18. The average Bonchev–Trinajstić information content (AvgIpc) is 3.47.